The number of anilines is 1. The number of hydrogen-bond donors (Lipinski definition) is 1. The third-order valence-corrected chi connectivity index (χ3v) is 5.30. The van der Waals surface area contributed by atoms with Crippen LogP contribution in [0.5, 0.6) is 5.75 Å². The zero-order valence-corrected chi connectivity index (χ0v) is 16.1. The van der Waals surface area contributed by atoms with Crippen LogP contribution in [0.15, 0.2) is 41.8 Å². The van der Waals surface area contributed by atoms with Crippen LogP contribution in [-0.4, -0.2) is 35.9 Å². The monoisotopic (exact) mass is 376 g/mol. The first kappa shape index (κ1) is 18.2. The zero-order chi connectivity index (χ0) is 17.5. The van der Waals surface area contributed by atoms with Crippen LogP contribution in [-0.2, 0) is 11.3 Å². The summed E-state index contributed by atoms with van der Waals surface area (Å²) in [5.74, 6) is 0.869. The smallest absolute Gasteiger partial charge is 0.173 e. The van der Waals surface area contributed by atoms with Gasteiger partial charge in [0.15, 0.2) is 5.11 Å². The molecule has 3 rings (SSSR count). The molecule has 0 saturated carbocycles. The van der Waals surface area contributed by atoms with Gasteiger partial charge in [-0.05, 0) is 67.7 Å². The molecule has 0 radical (unpaired) electrons. The quantitative estimate of drug-likeness (QED) is 0.718. The Hall–Kier alpha value is -1.63. The SMILES string of the molecule is CCOc1ccc(NC(=S)N(Cc2cccs2)C[C@@H]2CCCO2)cc1. The molecule has 0 unspecified atom stereocenters. The molecule has 25 heavy (non-hydrogen) atoms. The van der Waals surface area contributed by atoms with Gasteiger partial charge in [-0.1, -0.05) is 6.07 Å². The van der Waals surface area contributed by atoms with Crippen LogP contribution in [0, 0.1) is 0 Å². The van der Waals surface area contributed by atoms with Gasteiger partial charge in [0, 0.05) is 23.7 Å². The fourth-order valence-corrected chi connectivity index (χ4v) is 3.82. The highest BCUT2D eigenvalue weighted by atomic mass is 32.1. The lowest BCUT2D eigenvalue weighted by Crippen LogP contribution is -2.39. The Balaban J connectivity index is 1.64. The van der Waals surface area contributed by atoms with Gasteiger partial charge in [0.05, 0.1) is 19.3 Å². The van der Waals surface area contributed by atoms with Crippen molar-refractivity contribution in [2.24, 2.45) is 0 Å². The van der Waals surface area contributed by atoms with E-state index >= 15 is 0 Å². The van der Waals surface area contributed by atoms with Crippen molar-refractivity contribution in [3.8, 4) is 5.75 Å². The molecule has 1 aliphatic heterocycles. The second-order valence-electron chi connectivity index (χ2n) is 5.98. The maximum absolute atomic E-state index is 5.80. The summed E-state index contributed by atoms with van der Waals surface area (Å²) in [6, 6.07) is 12.1. The van der Waals surface area contributed by atoms with Gasteiger partial charge in [-0.25, -0.2) is 0 Å². The summed E-state index contributed by atoms with van der Waals surface area (Å²) < 4.78 is 11.3. The summed E-state index contributed by atoms with van der Waals surface area (Å²) >= 11 is 7.44. The number of rotatable bonds is 7. The molecule has 2 aromatic rings. The number of thiophene rings is 1. The normalized spacial score (nSPS) is 16.6. The average molecular weight is 377 g/mol. The van der Waals surface area contributed by atoms with E-state index in [0.717, 1.165) is 49.1 Å². The summed E-state index contributed by atoms with van der Waals surface area (Å²) in [7, 11) is 0. The van der Waals surface area contributed by atoms with Crippen molar-refractivity contribution in [2.45, 2.75) is 32.4 Å². The zero-order valence-electron chi connectivity index (χ0n) is 14.4. The lowest BCUT2D eigenvalue weighted by Gasteiger charge is -2.28. The number of nitrogens with one attached hydrogen (secondary N) is 1. The molecule has 0 bridgehead atoms. The van der Waals surface area contributed by atoms with Gasteiger partial charge < -0.3 is 19.7 Å². The Labute approximate surface area is 158 Å². The van der Waals surface area contributed by atoms with E-state index in [0.29, 0.717) is 6.61 Å². The van der Waals surface area contributed by atoms with Crippen LogP contribution in [0.2, 0.25) is 0 Å². The van der Waals surface area contributed by atoms with Crippen LogP contribution < -0.4 is 10.1 Å². The molecule has 134 valence electrons. The van der Waals surface area contributed by atoms with Gasteiger partial charge in [0.1, 0.15) is 5.75 Å². The van der Waals surface area contributed by atoms with Crippen LogP contribution in [0.3, 0.4) is 0 Å². The maximum atomic E-state index is 5.80. The molecule has 1 N–H and O–H groups in total. The highest BCUT2D eigenvalue weighted by Gasteiger charge is 2.21. The van der Waals surface area contributed by atoms with E-state index < -0.39 is 0 Å². The number of benzene rings is 1. The molecule has 0 spiro atoms. The Kier molecular flexibility index (Phi) is 6.67. The van der Waals surface area contributed by atoms with Crippen molar-refractivity contribution in [1.29, 1.82) is 0 Å². The van der Waals surface area contributed by atoms with Gasteiger partial charge in [-0.3, -0.25) is 0 Å². The second kappa shape index (κ2) is 9.17. The van der Waals surface area contributed by atoms with Gasteiger partial charge in [-0.15, -0.1) is 11.3 Å². The predicted octanol–water partition coefficient (Wildman–Crippen LogP) is 4.52. The lowest BCUT2D eigenvalue weighted by molar-refractivity contribution is 0.0907. The molecule has 1 saturated heterocycles. The summed E-state index contributed by atoms with van der Waals surface area (Å²) in [5, 5.41) is 6.18. The van der Waals surface area contributed by atoms with Crippen LogP contribution >= 0.6 is 23.6 Å². The molecule has 1 aromatic heterocycles. The summed E-state index contributed by atoms with van der Waals surface area (Å²) in [4.78, 5) is 3.50. The third-order valence-electron chi connectivity index (χ3n) is 4.08. The van der Waals surface area contributed by atoms with Gasteiger partial charge in [-0.2, -0.15) is 0 Å². The second-order valence-corrected chi connectivity index (χ2v) is 7.40. The van der Waals surface area contributed by atoms with Crippen molar-refractivity contribution in [3.05, 3.63) is 46.7 Å². The fraction of sp³-hybridized carbons (Fsp3) is 0.421. The minimum atomic E-state index is 0.264. The van der Waals surface area contributed by atoms with Gasteiger partial charge in [0.25, 0.3) is 0 Å². The Bertz CT molecular complexity index is 653. The lowest BCUT2D eigenvalue weighted by atomic mass is 10.2. The first-order valence-electron chi connectivity index (χ1n) is 8.67. The van der Waals surface area contributed by atoms with Crippen LogP contribution in [0.4, 0.5) is 5.69 Å². The van der Waals surface area contributed by atoms with E-state index in [4.69, 9.17) is 21.7 Å². The molecule has 1 fully saturated rings. The molecular formula is C19H24N2O2S2. The molecule has 6 heteroatoms. The molecule has 0 amide bonds. The van der Waals surface area contributed by atoms with E-state index in [-0.39, 0.29) is 6.10 Å². The maximum Gasteiger partial charge on any atom is 0.173 e. The molecule has 1 aliphatic rings. The van der Waals surface area contributed by atoms with Crippen LogP contribution in [0.25, 0.3) is 0 Å². The first-order valence-corrected chi connectivity index (χ1v) is 9.96. The Morgan fingerprint density at radius 2 is 2.20 bits per heavy atom. The molecule has 1 aromatic carbocycles. The molecule has 2 heterocycles. The molecule has 0 aliphatic carbocycles. The third kappa shape index (κ3) is 5.42. The van der Waals surface area contributed by atoms with Crippen molar-refractivity contribution in [2.75, 3.05) is 25.1 Å². The van der Waals surface area contributed by atoms with E-state index in [1.54, 1.807) is 11.3 Å². The molecular weight excluding hydrogens is 352 g/mol. The van der Waals surface area contributed by atoms with E-state index in [2.05, 4.69) is 27.7 Å². The average Bonchev–Trinajstić information content (AvgIpc) is 3.30. The van der Waals surface area contributed by atoms with E-state index in [1.807, 2.05) is 31.2 Å². The summed E-state index contributed by atoms with van der Waals surface area (Å²) in [6.07, 6.45) is 2.50. The Morgan fingerprint density at radius 3 is 2.84 bits per heavy atom. The molecule has 1 atom stereocenters. The van der Waals surface area contributed by atoms with Crippen LogP contribution in [0.1, 0.15) is 24.6 Å². The van der Waals surface area contributed by atoms with Crippen molar-refractivity contribution < 1.29 is 9.47 Å². The van der Waals surface area contributed by atoms with Gasteiger partial charge >= 0.3 is 0 Å². The van der Waals surface area contributed by atoms with Crippen molar-refractivity contribution in [3.63, 3.8) is 0 Å². The number of hydrogen-bond acceptors (Lipinski definition) is 4. The minimum absolute atomic E-state index is 0.264. The molecule has 4 nitrogen and oxygen atoms in total. The minimum Gasteiger partial charge on any atom is -0.494 e. The topological polar surface area (TPSA) is 33.7 Å². The number of thiocarbonyl (C=S) groups is 1. The highest BCUT2D eigenvalue weighted by Crippen LogP contribution is 2.20. The number of nitrogens with zero attached hydrogens (tertiary/aromatic N) is 1. The van der Waals surface area contributed by atoms with E-state index in [1.165, 1.54) is 4.88 Å². The Morgan fingerprint density at radius 1 is 1.36 bits per heavy atom. The standard InChI is InChI=1S/C19H24N2O2S2/c1-2-22-16-9-7-15(8-10-16)20-19(24)21(13-17-5-3-11-23-17)14-18-6-4-12-25-18/h4,6-10,12,17H,2-3,5,11,13-14H2,1H3,(H,20,24)/t17-/m0/s1. The highest BCUT2D eigenvalue weighted by molar-refractivity contribution is 7.80. The fourth-order valence-electron chi connectivity index (χ4n) is 2.85. The first-order chi connectivity index (χ1) is 12.2. The summed E-state index contributed by atoms with van der Waals surface area (Å²) in [5.41, 5.74) is 0.969. The van der Waals surface area contributed by atoms with E-state index in [9.17, 15) is 0 Å². The predicted molar refractivity (Wildman–Crippen MR) is 108 cm³/mol. The van der Waals surface area contributed by atoms with Crippen molar-refractivity contribution in [1.82, 2.24) is 4.90 Å². The number of ether oxygens (including phenoxy) is 2. The van der Waals surface area contributed by atoms with Crippen molar-refractivity contribution >= 4 is 34.4 Å². The van der Waals surface area contributed by atoms with Gasteiger partial charge in [0.2, 0.25) is 0 Å². The largest absolute Gasteiger partial charge is 0.494 e. The summed E-state index contributed by atoms with van der Waals surface area (Å²) in [6.45, 7) is 5.13.